The monoisotopic (exact) mass is 354 g/mol. The molecule has 0 spiro atoms. The van der Waals surface area contributed by atoms with E-state index in [-0.39, 0.29) is 0 Å². The van der Waals surface area contributed by atoms with E-state index < -0.39 is 10.0 Å². The van der Waals surface area contributed by atoms with Crippen molar-refractivity contribution in [1.29, 1.82) is 0 Å². The smallest absolute Gasteiger partial charge is 0.240 e. The molecule has 0 aromatic heterocycles. The summed E-state index contributed by atoms with van der Waals surface area (Å²) in [6, 6.07) is 4.93. The number of rotatable bonds is 7. The topological polar surface area (TPSA) is 58.6 Å². The number of benzene rings is 1. The second-order valence-electron chi connectivity index (χ2n) is 7.09. The third-order valence-electron chi connectivity index (χ3n) is 4.56. The molecule has 1 aromatic rings. The molecule has 1 aromatic carbocycles. The number of aryl methyl sites for hydroxylation is 1. The highest BCUT2D eigenvalue weighted by Gasteiger charge is 2.21. The SMILES string of the molecule is COc1ccc(S(=O)(=O)NCCCN2C[C@H](C)C[C@H](C)C2)cc1C. The third kappa shape index (κ3) is 5.19. The first-order chi connectivity index (χ1) is 11.3. The minimum Gasteiger partial charge on any atom is -0.496 e. The van der Waals surface area contributed by atoms with E-state index in [9.17, 15) is 8.42 Å². The number of sulfonamides is 1. The van der Waals surface area contributed by atoms with Gasteiger partial charge in [-0.05, 0) is 61.9 Å². The quantitative estimate of drug-likeness (QED) is 0.765. The molecule has 1 N–H and O–H groups in total. The van der Waals surface area contributed by atoms with Crippen LogP contribution in [0.25, 0.3) is 0 Å². The van der Waals surface area contributed by atoms with Gasteiger partial charge in [-0.1, -0.05) is 13.8 Å². The zero-order valence-corrected chi connectivity index (χ0v) is 16.0. The predicted octanol–water partition coefficient (Wildman–Crippen LogP) is 2.65. The molecule has 1 aliphatic rings. The molecule has 24 heavy (non-hydrogen) atoms. The number of hydrogen-bond acceptors (Lipinski definition) is 4. The zero-order chi connectivity index (χ0) is 17.7. The lowest BCUT2D eigenvalue weighted by atomic mass is 9.92. The second-order valence-corrected chi connectivity index (χ2v) is 8.86. The highest BCUT2D eigenvalue weighted by atomic mass is 32.2. The van der Waals surface area contributed by atoms with Crippen LogP contribution in [0, 0.1) is 18.8 Å². The largest absolute Gasteiger partial charge is 0.496 e. The molecule has 6 heteroatoms. The van der Waals surface area contributed by atoms with Crippen LogP contribution in [0.15, 0.2) is 23.1 Å². The van der Waals surface area contributed by atoms with Gasteiger partial charge >= 0.3 is 0 Å². The minimum absolute atomic E-state index is 0.293. The fourth-order valence-corrected chi connectivity index (χ4v) is 4.74. The number of piperidine rings is 1. The molecule has 0 radical (unpaired) electrons. The van der Waals surface area contributed by atoms with Gasteiger partial charge in [-0.15, -0.1) is 0 Å². The lowest BCUT2D eigenvalue weighted by Gasteiger charge is -2.34. The zero-order valence-electron chi connectivity index (χ0n) is 15.2. The summed E-state index contributed by atoms with van der Waals surface area (Å²) in [5, 5.41) is 0. The van der Waals surface area contributed by atoms with Crippen LogP contribution >= 0.6 is 0 Å². The molecule has 136 valence electrons. The van der Waals surface area contributed by atoms with Crippen molar-refractivity contribution < 1.29 is 13.2 Å². The number of nitrogens with one attached hydrogen (secondary N) is 1. The van der Waals surface area contributed by atoms with Crippen LogP contribution in [-0.4, -0.2) is 46.6 Å². The van der Waals surface area contributed by atoms with E-state index in [1.165, 1.54) is 6.42 Å². The molecule has 0 amide bonds. The van der Waals surface area contributed by atoms with Gasteiger partial charge < -0.3 is 9.64 Å². The lowest BCUT2D eigenvalue weighted by molar-refractivity contribution is 0.140. The first-order valence-electron chi connectivity index (χ1n) is 8.68. The van der Waals surface area contributed by atoms with E-state index in [0.717, 1.165) is 43.5 Å². The lowest BCUT2D eigenvalue weighted by Crippen LogP contribution is -2.40. The van der Waals surface area contributed by atoms with Gasteiger partial charge in [0.05, 0.1) is 12.0 Å². The summed E-state index contributed by atoms with van der Waals surface area (Å²) in [7, 11) is -1.88. The van der Waals surface area contributed by atoms with Crippen LogP contribution in [0.1, 0.15) is 32.3 Å². The molecule has 1 aliphatic heterocycles. The summed E-state index contributed by atoms with van der Waals surface area (Å²) in [5.41, 5.74) is 0.816. The van der Waals surface area contributed by atoms with Gasteiger partial charge in [-0.2, -0.15) is 0 Å². The highest BCUT2D eigenvalue weighted by molar-refractivity contribution is 7.89. The van der Waals surface area contributed by atoms with Gasteiger partial charge in [-0.3, -0.25) is 0 Å². The first-order valence-corrected chi connectivity index (χ1v) is 10.2. The van der Waals surface area contributed by atoms with Crippen LogP contribution in [0.3, 0.4) is 0 Å². The van der Waals surface area contributed by atoms with Crippen LogP contribution in [-0.2, 0) is 10.0 Å². The van der Waals surface area contributed by atoms with Crippen LogP contribution < -0.4 is 9.46 Å². The molecule has 1 saturated heterocycles. The van der Waals surface area contributed by atoms with E-state index in [1.807, 2.05) is 6.92 Å². The molecule has 1 fully saturated rings. The summed E-state index contributed by atoms with van der Waals surface area (Å²) >= 11 is 0. The average molecular weight is 355 g/mol. The van der Waals surface area contributed by atoms with Crippen molar-refractivity contribution in [2.24, 2.45) is 11.8 Å². The molecule has 1 heterocycles. The van der Waals surface area contributed by atoms with Crippen molar-refractivity contribution in [3.63, 3.8) is 0 Å². The maximum absolute atomic E-state index is 12.4. The number of likely N-dealkylation sites (tertiary alicyclic amines) is 1. The van der Waals surface area contributed by atoms with Crippen LogP contribution in [0.4, 0.5) is 0 Å². The highest BCUT2D eigenvalue weighted by Crippen LogP contribution is 2.22. The predicted molar refractivity (Wildman–Crippen MR) is 96.9 cm³/mol. The van der Waals surface area contributed by atoms with E-state index >= 15 is 0 Å². The Labute approximate surface area is 146 Å². The fraction of sp³-hybridized carbons (Fsp3) is 0.667. The van der Waals surface area contributed by atoms with Crippen molar-refractivity contribution in [3.8, 4) is 5.75 Å². The Morgan fingerprint density at radius 2 is 1.92 bits per heavy atom. The summed E-state index contributed by atoms with van der Waals surface area (Å²) < 4.78 is 32.6. The Bertz CT molecular complexity index is 636. The number of hydrogen-bond donors (Lipinski definition) is 1. The standard InChI is InChI=1S/C18H30N2O3S/c1-14-10-15(2)13-20(12-14)9-5-8-19-24(21,22)17-6-7-18(23-4)16(3)11-17/h6-7,11,14-15,19H,5,8-10,12-13H2,1-4H3/t14-,15+. The minimum atomic E-state index is -3.46. The van der Waals surface area contributed by atoms with E-state index in [1.54, 1.807) is 25.3 Å². The van der Waals surface area contributed by atoms with Gasteiger partial charge in [0, 0.05) is 19.6 Å². The molecule has 2 atom stereocenters. The van der Waals surface area contributed by atoms with Gasteiger partial charge in [-0.25, -0.2) is 13.1 Å². The third-order valence-corrected chi connectivity index (χ3v) is 6.02. The van der Waals surface area contributed by atoms with Crippen molar-refractivity contribution in [2.75, 3.05) is 33.3 Å². The summed E-state index contributed by atoms with van der Waals surface area (Å²) in [6.07, 6.45) is 2.12. The van der Waals surface area contributed by atoms with Crippen LogP contribution in [0.2, 0.25) is 0 Å². The van der Waals surface area contributed by atoms with Gasteiger partial charge in [0.25, 0.3) is 0 Å². The number of ether oxygens (including phenoxy) is 1. The van der Waals surface area contributed by atoms with E-state index in [4.69, 9.17) is 4.74 Å². The molecular formula is C18H30N2O3S. The van der Waals surface area contributed by atoms with E-state index in [2.05, 4.69) is 23.5 Å². The van der Waals surface area contributed by atoms with Crippen LogP contribution in [0.5, 0.6) is 5.75 Å². The average Bonchev–Trinajstić information content (AvgIpc) is 2.50. The van der Waals surface area contributed by atoms with Crippen molar-refractivity contribution in [1.82, 2.24) is 9.62 Å². The number of nitrogens with zero attached hydrogens (tertiary/aromatic N) is 1. The van der Waals surface area contributed by atoms with E-state index in [0.29, 0.717) is 17.2 Å². The molecule has 5 nitrogen and oxygen atoms in total. The van der Waals surface area contributed by atoms with Gasteiger partial charge in [0.15, 0.2) is 0 Å². The summed E-state index contributed by atoms with van der Waals surface area (Å²) in [6.45, 7) is 10.1. The van der Waals surface area contributed by atoms with Crippen molar-refractivity contribution in [3.05, 3.63) is 23.8 Å². The Morgan fingerprint density at radius 3 is 2.50 bits per heavy atom. The first kappa shape index (κ1) is 19.2. The number of methoxy groups -OCH3 is 1. The fourth-order valence-electron chi connectivity index (χ4n) is 3.59. The summed E-state index contributed by atoms with van der Waals surface area (Å²) in [4.78, 5) is 2.74. The Hall–Kier alpha value is -1.11. The van der Waals surface area contributed by atoms with Crippen molar-refractivity contribution in [2.45, 2.75) is 38.5 Å². The van der Waals surface area contributed by atoms with Gasteiger partial charge in [0.1, 0.15) is 5.75 Å². The van der Waals surface area contributed by atoms with Gasteiger partial charge in [0.2, 0.25) is 10.0 Å². The molecule has 0 saturated carbocycles. The maximum Gasteiger partial charge on any atom is 0.240 e. The normalized spacial score (nSPS) is 22.5. The Balaban J connectivity index is 1.83. The molecular weight excluding hydrogens is 324 g/mol. The van der Waals surface area contributed by atoms with Crippen molar-refractivity contribution >= 4 is 10.0 Å². The Kier molecular flexibility index (Phi) is 6.66. The molecule has 0 unspecified atom stereocenters. The molecule has 0 aliphatic carbocycles. The second kappa shape index (κ2) is 8.32. The maximum atomic E-state index is 12.4. The molecule has 2 rings (SSSR count). The molecule has 0 bridgehead atoms. The summed E-state index contributed by atoms with van der Waals surface area (Å²) in [5.74, 6) is 2.16. The Morgan fingerprint density at radius 1 is 1.25 bits per heavy atom.